The number of ether oxygens (including phenoxy) is 1. The van der Waals surface area contributed by atoms with Gasteiger partial charge in [0.05, 0.1) is 0 Å². The van der Waals surface area contributed by atoms with Crippen molar-refractivity contribution < 1.29 is 9.53 Å². The van der Waals surface area contributed by atoms with Gasteiger partial charge in [0.2, 0.25) is 0 Å². The van der Waals surface area contributed by atoms with E-state index in [1.165, 1.54) is 50.5 Å². The minimum atomic E-state index is -0.0720. The second-order valence-corrected chi connectivity index (χ2v) is 7.10. The van der Waals surface area contributed by atoms with Crippen LogP contribution < -0.4 is 0 Å². The molecule has 0 N–H and O–H groups in total. The molecular weight excluding hydrogens is 296 g/mol. The Kier molecular flexibility index (Phi) is 8.65. The van der Waals surface area contributed by atoms with Crippen LogP contribution >= 0.6 is 0 Å². The molecule has 1 aliphatic rings. The molecule has 1 aromatic carbocycles. The Labute approximate surface area is 147 Å². The Balaban J connectivity index is 1.41. The van der Waals surface area contributed by atoms with E-state index >= 15 is 0 Å². The smallest absolute Gasteiger partial charge is 0.306 e. The van der Waals surface area contributed by atoms with Crippen LogP contribution in [0.1, 0.15) is 75.3 Å². The van der Waals surface area contributed by atoms with E-state index < -0.39 is 0 Å². The van der Waals surface area contributed by atoms with Crippen molar-refractivity contribution in [3.05, 3.63) is 41.5 Å². The molecule has 0 amide bonds. The largest absolute Gasteiger partial charge is 0.461 e. The van der Waals surface area contributed by atoms with Gasteiger partial charge in [-0.15, -0.1) is 0 Å². The second kappa shape index (κ2) is 11.1. The topological polar surface area (TPSA) is 26.3 Å². The van der Waals surface area contributed by atoms with Gasteiger partial charge in [0, 0.05) is 6.42 Å². The van der Waals surface area contributed by atoms with Crippen molar-refractivity contribution in [3.8, 4) is 0 Å². The van der Waals surface area contributed by atoms with Crippen molar-refractivity contribution in [1.82, 2.24) is 0 Å². The van der Waals surface area contributed by atoms with Gasteiger partial charge in [-0.25, -0.2) is 0 Å². The van der Waals surface area contributed by atoms with Crippen molar-refractivity contribution in [2.24, 2.45) is 5.92 Å². The molecule has 0 aliphatic heterocycles. The fourth-order valence-corrected chi connectivity index (χ4v) is 2.89. The molecule has 0 aromatic heterocycles. The molecule has 0 atom stereocenters. The predicted octanol–water partition coefficient (Wildman–Crippen LogP) is 6.08. The number of carbonyl (C=O) groups is 1. The van der Waals surface area contributed by atoms with Gasteiger partial charge in [-0.05, 0) is 30.9 Å². The van der Waals surface area contributed by atoms with Gasteiger partial charge in [0.25, 0.3) is 0 Å². The number of rotatable bonds is 12. The summed E-state index contributed by atoms with van der Waals surface area (Å²) in [5, 5.41) is 0. The van der Waals surface area contributed by atoms with E-state index in [4.69, 9.17) is 4.74 Å². The molecule has 2 nitrogen and oxygen atoms in total. The summed E-state index contributed by atoms with van der Waals surface area (Å²) in [7, 11) is 0. The molecule has 0 spiro atoms. The number of aryl methyl sites for hydroxylation is 1. The summed E-state index contributed by atoms with van der Waals surface area (Å²) in [6.07, 6.45) is 16.3. The van der Waals surface area contributed by atoms with Crippen molar-refractivity contribution in [2.45, 2.75) is 71.1 Å². The van der Waals surface area contributed by atoms with E-state index in [1.54, 1.807) is 0 Å². The lowest BCUT2D eigenvalue weighted by Gasteiger charge is -2.03. The SMILES string of the molecule is Cc1ccc(/C=C/COC(=O)CCCCCCCCC2CC2)cc1. The Bertz CT molecular complexity index is 497. The van der Waals surface area contributed by atoms with E-state index in [2.05, 4.69) is 31.2 Å². The third-order valence-electron chi connectivity index (χ3n) is 4.67. The number of esters is 1. The van der Waals surface area contributed by atoms with E-state index in [0.29, 0.717) is 13.0 Å². The predicted molar refractivity (Wildman–Crippen MR) is 101 cm³/mol. The number of hydrogen-bond donors (Lipinski definition) is 0. The molecule has 0 unspecified atom stereocenters. The van der Waals surface area contributed by atoms with Gasteiger partial charge in [0.1, 0.15) is 6.61 Å². The highest BCUT2D eigenvalue weighted by Crippen LogP contribution is 2.34. The van der Waals surface area contributed by atoms with Crippen LogP contribution in [0.2, 0.25) is 0 Å². The molecule has 0 radical (unpaired) electrons. The fourth-order valence-electron chi connectivity index (χ4n) is 2.89. The highest BCUT2D eigenvalue weighted by atomic mass is 16.5. The molecule has 0 bridgehead atoms. The maximum Gasteiger partial charge on any atom is 0.306 e. The molecule has 1 saturated carbocycles. The van der Waals surface area contributed by atoms with E-state index in [-0.39, 0.29) is 5.97 Å². The highest BCUT2D eigenvalue weighted by molar-refractivity contribution is 5.69. The van der Waals surface area contributed by atoms with Gasteiger partial charge in [0.15, 0.2) is 0 Å². The van der Waals surface area contributed by atoms with Gasteiger partial charge in [-0.2, -0.15) is 0 Å². The molecule has 24 heavy (non-hydrogen) atoms. The molecule has 0 heterocycles. The van der Waals surface area contributed by atoms with Crippen LogP contribution in [0.25, 0.3) is 6.08 Å². The third-order valence-corrected chi connectivity index (χ3v) is 4.67. The number of unbranched alkanes of at least 4 members (excludes halogenated alkanes) is 5. The summed E-state index contributed by atoms with van der Waals surface area (Å²) in [5.41, 5.74) is 2.39. The van der Waals surface area contributed by atoms with Crippen molar-refractivity contribution in [2.75, 3.05) is 6.61 Å². The van der Waals surface area contributed by atoms with Crippen molar-refractivity contribution in [3.63, 3.8) is 0 Å². The van der Waals surface area contributed by atoms with Crippen LogP contribution in [0.15, 0.2) is 30.3 Å². The molecule has 1 aliphatic carbocycles. The lowest BCUT2D eigenvalue weighted by Crippen LogP contribution is -2.03. The summed E-state index contributed by atoms with van der Waals surface area (Å²) in [6, 6.07) is 8.30. The Hall–Kier alpha value is -1.57. The van der Waals surface area contributed by atoms with Crippen molar-refractivity contribution in [1.29, 1.82) is 0 Å². The Morgan fingerprint density at radius 3 is 2.42 bits per heavy atom. The fraction of sp³-hybridized carbons (Fsp3) is 0.591. The summed E-state index contributed by atoms with van der Waals surface area (Å²) >= 11 is 0. The first-order valence-electron chi connectivity index (χ1n) is 9.63. The number of hydrogen-bond acceptors (Lipinski definition) is 2. The average Bonchev–Trinajstić information content (AvgIpc) is 3.40. The van der Waals surface area contributed by atoms with Gasteiger partial charge < -0.3 is 4.74 Å². The second-order valence-electron chi connectivity index (χ2n) is 7.10. The van der Waals surface area contributed by atoms with Gasteiger partial charge >= 0.3 is 5.97 Å². The van der Waals surface area contributed by atoms with Gasteiger partial charge in [-0.3, -0.25) is 4.79 Å². The quantitative estimate of drug-likeness (QED) is 0.343. The molecular formula is C22H32O2. The summed E-state index contributed by atoms with van der Waals surface area (Å²) in [4.78, 5) is 11.7. The zero-order valence-corrected chi connectivity index (χ0v) is 15.1. The summed E-state index contributed by atoms with van der Waals surface area (Å²) < 4.78 is 5.24. The highest BCUT2D eigenvalue weighted by Gasteiger charge is 2.19. The van der Waals surface area contributed by atoms with E-state index in [9.17, 15) is 4.79 Å². The van der Waals surface area contributed by atoms with Gasteiger partial charge in [-0.1, -0.05) is 87.3 Å². The summed E-state index contributed by atoms with van der Waals surface area (Å²) in [5.74, 6) is 0.997. The monoisotopic (exact) mass is 328 g/mol. The summed E-state index contributed by atoms with van der Waals surface area (Å²) in [6.45, 7) is 2.44. The van der Waals surface area contributed by atoms with Crippen molar-refractivity contribution >= 4 is 12.0 Å². The van der Waals surface area contributed by atoms with Crippen LogP contribution in [0, 0.1) is 12.8 Å². The lowest BCUT2D eigenvalue weighted by molar-refractivity contribution is -0.142. The minimum Gasteiger partial charge on any atom is -0.461 e. The molecule has 2 rings (SSSR count). The van der Waals surface area contributed by atoms with Crippen LogP contribution in [-0.4, -0.2) is 12.6 Å². The van der Waals surface area contributed by atoms with E-state index in [1.807, 2.05) is 12.2 Å². The molecule has 1 aromatic rings. The average molecular weight is 328 g/mol. The minimum absolute atomic E-state index is 0.0720. The standard InChI is InChI=1S/C22H32O2/c1-19-12-14-21(15-13-19)10-8-18-24-22(23)11-7-5-3-2-4-6-9-20-16-17-20/h8,10,12-15,20H,2-7,9,11,16-18H2,1H3/b10-8+. The molecule has 0 saturated heterocycles. The number of benzene rings is 1. The maximum atomic E-state index is 11.7. The van der Waals surface area contributed by atoms with Crippen LogP contribution in [0.5, 0.6) is 0 Å². The lowest BCUT2D eigenvalue weighted by atomic mass is 10.1. The van der Waals surface area contributed by atoms with Crippen LogP contribution in [0.4, 0.5) is 0 Å². The number of carbonyl (C=O) groups excluding carboxylic acids is 1. The normalized spacial score (nSPS) is 14.2. The zero-order chi connectivity index (χ0) is 17.0. The maximum absolute atomic E-state index is 11.7. The first kappa shape index (κ1) is 18.8. The van der Waals surface area contributed by atoms with Crippen LogP contribution in [0.3, 0.4) is 0 Å². The molecule has 2 heteroatoms. The van der Waals surface area contributed by atoms with Crippen LogP contribution in [-0.2, 0) is 9.53 Å². The zero-order valence-electron chi connectivity index (χ0n) is 15.1. The Morgan fingerprint density at radius 2 is 1.71 bits per heavy atom. The Morgan fingerprint density at radius 1 is 1.04 bits per heavy atom. The first-order valence-corrected chi connectivity index (χ1v) is 9.63. The third kappa shape index (κ3) is 8.90. The molecule has 1 fully saturated rings. The molecule has 132 valence electrons. The first-order chi connectivity index (χ1) is 11.7. The van der Waals surface area contributed by atoms with E-state index in [0.717, 1.165) is 24.3 Å².